The van der Waals surface area contributed by atoms with Crippen LogP contribution in [-0.2, 0) is 6.42 Å². The number of ether oxygens (including phenoxy) is 1. The van der Waals surface area contributed by atoms with Gasteiger partial charge in [-0.15, -0.1) is 0 Å². The molecular formula is C21H24N4O. The fourth-order valence-corrected chi connectivity index (χ4v) is 3.53. The molecule has 26 heavy (non-hydrogen) atoms. The average Bonchev–Trinajstić information content (AvgIpc) is 3.37. The largest absolute Gasteiger partial charge is 0.493 e. The second kappa shape index (κ2) is 7.30. The molecule has 0 saturated heterocycles. The second-order valence-corrected chi connectivity index (χ2v) is 6.75. The maximum absolute atomic E-state index is 5.63. The van der Waals surface area contributed by atoms with Gasteiger partial charge in [-0.25, -0.2) is 9.67 Å². The predicted octanol–water partition coefficient (Wildman–Crippen LogP) is 4.00. The number of rotatable bonds is 6. The smallest absolute Gasteiger partial charge is 0.138 e. The zero-order valence-corrected chi connectivity index (χ0v) is 15.2. The van der Waals surface area contributed by atoms with E-state index in [4.69, 9.17) is 4.74 Å². The van der Waals surface area contributed by atoms with Crippen molar-refractivity contribution < 1.29 is 4.74 Å². The van der Waals surface area contributed by atoms with E-state index in [1.54, 1.807) is 17.3 Å². The van der Waals surface area contributed by atoms with Crippen LogP contribution in [0.5, 0.6) is 5.75 Å². The van der Waals surface area contributed by atoms with E-state index in [1.807, 2.05) is 0 Å². The molecule has 1 aliphatic rings. The van der Waals surface area contributed by atoms with Gasteiger partial charge in [0.15, 0.2) is 0 Å². The molecule has 0 unspecified atom stereocenters. The summed E-state index contributed by atoms with van der Waals surface area (Å²) in [5.74, 6) is 1.04. The maximum atomic E-state index is 5.63. The standard InChI is InChI=1S/C21H24N4O/c1-3-20(17-6-9-21-18(12-17)10-11-26-21)24-15(2)16-4-7-19(8-5-16)25-14-22-13-23-25/h4-9,12-15,20,24H,3,10-11H2,1-2H3/t15-,20+/m0/s1. The van der Waals surface area contributed by atoms with Crippen LogP contribution in [0.3, 0.4) is 0 Å². The summed E-state index contributed by atoms with van der Waals surface area (Å²) in [6.07, 6.45) is 5.31. The number of fused-ring (bicyclic) bond motifs is 1. The molecule has 5 nitrogen and oxygen atoms in total. The molecule has 2 heterocycles. The third kappa shape index (κ3) is 3.35. The minimum Gasteiger partial charge on any atom is -0.493 e. The van der Waals surface area contributed by atoms with E-state index < -0.39 is 0 Å². The lowest BCUT2D eigenvalue weighted by molar-refractivity contribution is 0.356. The summed E-state index contributed by atoms with van der Waals surface area (Å²) in [4.78, 5) is 4.00. The van der Waals surface area contributed by atoms with Crippen molar-refractivity contribution in [2.24, 2.45) is 0 Å². The summed E-state index contributed by atoms with van der Waals surface area (Å²) in [7, 11) is 0. The van der Waals surface area contributed by atoms with Crippen molar-refractivity contribution in [1.29, 1.82) is 0 Å². The van der Waals surface area contributed by atoms with Crippen LogP contribution < -0.4 is 10.1 Å². The molecule has 0 radical (unpaired) electrons. The molecule has 0 saturated carbocycles. The van der Waals surface area contributed by atoms with E-state index in [9.17, 15) is 0 Å². The van der Waals surface area contributed by atoms with Crippen molar-refractivity contribution in [1.82, 2.24) is 20.1 Å². The first-order chi connectivity index (χ1) is 12.7. The SMILES string of the molecule is CC[C@@H](N[C@@H](C)c1ccc(-n2cncn2)cc1)c1ccc2c(c1)CCO2. The van der Waals surface area contributed by atoms with Gasteiger partial charge in [0, 0.05) is 18.5 Å². The number of hydrogen-bond donors (Lipinski definition) is 1. The minimum absolute atomic E-state index is 0.259. The van der Waals surface area contributed by atoms with Crippen molar-refractivity contribution in [3.05, 3.63) is 71.8 Å². The minimum atomic E-state index is 0.259. The van der Waals surface area contributed by atoms with E-state index in [2.05, 4.69) is 71.7 Å². The predicted molar refractivity (Wildman–Crippen MR) is 102 cm³/mol. The summed E-state index contributed by atoms with van der Waals surface area (Å²) in [5, 5.41) is 7.94. The van der Waals surface area contributed by atoms with Crippen LogP contribution in [0, 0.1) is 0 Å². The van der Waals surface area contributed by atoms with Gasteiger partial charge >= 0.3 is 0 Å². The Morgan fingerprint density at radius 1 is 1.15 bits per heavy atom. The number of hydrogen-bond acceptors (Lipinski definition) is 4. The highest BCUT2D eigenvalue weighted by atomic mass is 16.5. The Hall–Kier alpha value is -2.66. The van der Waals surface area contributed by atoms with Gasteiger partial charge < -0.3 is 10.1 Å². The van der Waals surface area contributed by atoms with Gasteiger partial charge in [0.25, 0.3) is 0 Å². The van der Waals surface area contributed by atoms with E-state index in [0.717, 1.165) is 30.9 Å². The first-order valence-corrected chi connectivity index (χ1v) is 9.21. The molecule has 5 heteroatoms. The molecule has 4 rings (SSSR count). The van der Waals surface area contributed by atoms with Crippen LogP contribution in [-0.4, -0.2) is 21.4 Å². The second-order valence-electron chi connectivity index (χ2n) is 6.75. The van der Waals surface area contributed by atoms with Crippen molar-refractivity contribution in [3.8, 4) is 11.4 Å². The fourth-order valence-electron chi connectivity index (χ4n) is 3.53. The topological polar surface area (TPSA) is 52.0 Å². The molecule has 0 amide bonds. The summed E-state index contributed by atoms with van der Waals surface area (Å²) in [6.45, 7) is 5.24. The molecule has 2 aromatic carbocycles. The quantitative estimate of drug-likeness (QED) is 0.731. The van der Waals surface area contributed by atoms with Crippen molar-refractivity contribution in [2.45, 2.75) is 38.8 Å². The van der Waals surface area contributed by atoms with Gasteiger partial charge in [0.2, 0.25) is 0 Å². The van der Waals surface area contributed by atoms with E-state index in [1.165, 1.54) is 16.7 Å². The molecular weight excluding hydrogens is 324 g/mol. The molecule has 1 N–H and O–H groups in total. The molecule has 2 atom stereocenters. The van der Waals surface area contributed by atoms with Crippen molar-refractivity contribution in [3.63, 3.8) is 0 Å². The summed E-state index contributed by atoms with van der Waals surface area (Å²) in [5.41, 5.74) is 4.94. The highest BCUT2D eigenvalue weighted by molar-refractivity contribution is 5.41. The van der Waals surface area contributed by atoms with Crippen LogP contribution >= 0.6 is 0 Å². The third-order valence-corrected chi connectivity index (χ3v) is 5.05. The van der Waals surface area contributed by atoms with E-state index in [-0.39, 0.29) is 6.04 Å². The molecule has 1 aliphatic heterocycles. The number of aromatic nitrogens is 3. The zero-order chi connectivity index (χ0) is 17.9. The van der Waals surface area contributed by atoms with Gasteiger partial charge in [0.1, 0.15) is 18.4 Å². The van der Waals surface area contributed by atoms with Crippen molar-refractivity contribution in [2.75, 3.05) is 6.61 Å². The highest BCUT2D eigenvalue weighted by Crippen LogP contribution is 2.30. The van der Waals surface area contributed by atoms with Gasteiger partial charge in [0.05, 0.1) is 12.3 Å². The Balaban J connectivity index is 1.48. The average molecular weight is 348 g/mol. The first kappa shape index (κ1) is 16.8. The first-order valence-electron chi connectivity index (χ1n) is 9.21. The third-order valence-electron chi connectivity index (χ3n) is 5.05. The normalized spacial score (nSPS) is 15.3. The molecule has 3 aromatic rings. The van der Waals surface area contributed by atoms with Crippen LogP contribution in [0.1, 0.15) is 49.0 Å². The number of nitrogens with one attached hydrogen (secondary N) is 1. The Morgan fingerprint density at radius 3 is 2.69 bits per heavy atom. The molecule has 134 valence electrons. The maximum Gasteiger partial charge on any atom is 0.138 e. The molecule has 1 aromatic heterocycles. The van der Waals surface area contributed by atoms with Crippen LogP contribution in [0.15, 0.2) is 55.1 Å². The number of benzene rings is 2. The zero-order valence-electron chi connectivity index (χ0n) is 15.2. The number of nitrogens with zero attached hydrogens (tertiary/aromatic N) is 3. The monoisotopic (exact) mass is 348 g/mol. The fraction of sp³-hybridized carbons (Fsp3) is 0.333. The van der Waals surface area contributed by atoms with E-state index >= 15 is 0 Å². The summed E-state index contributed by atoms with van der Waals surface area (Å²) >= 11 is 0. The van der Waals surface area contributed by atoms with Crippen LogP contribution in [0.4, 0.5) is 0 Å². The van der Waals surface area contributed by atoms with Crippen LogP contribution in [0.25, 0.3) is 5.69 Å². The summed E-state index contributed by atoms with van der Waals surface area (Å²) < 4.78 is 7.39. The van der Waals surface area contributed by atoms with Gasteiger partial charge in [-0.1, -0.05) is 31.2 Å². The Labute approximate surface area is 154 Å². The lowest BCUT2D eigenvalue weighted by Gasteiger charge is -2.23. The van der Waals surface area contributed by atoms with Crippen LogP contribution in [0.2, 0.25) is 0 Å². The lowest BCUT2D eigenvalue weighted by Crippen LogP contribution is -2.24. The molecule has 0 fully saturated rings. The Morgan fingerprint density at radius 2 is 1.96 bits per heavy atom. The Bertz CT molecular complexity index is 858. The molecule has 0 bridgehead atoms. The van der Waals surface area contributed by atoms with Gasteiger partial charge in [-0.3, -0.25) is 0 Å². The lowest BCUT2D eigenvalue weighted by atomic mass is 9.98. The van der Waals surface area contributed by atoms with Crippen molar-refractivity contribution >= 4 is 0 Å². The highest BCUT2D eigenvalue weighted by Gasteiger charge is 2.18. The summed E-state index contributed by atoms with van der Waals surface area (Å²) in [6, 6.07) is 15.6. The van der Waals surface area contributed by atoms with Gasteiger partial charge in [-0.2, -0.15) is 5.10 Å². The molecule has 0 spiro atoms. The van der Waals surface area contributed by atoms with Gasteiger partial charge in [-0.05, 0) is 48.2 Å². The van der Waals surface area contributed by atoms with E-state index in [0.29, 0.717) is 6.04 Å². The Kier molecular flexibility index (Phi) is 4.71. The molecule has 0 aliphatic carbocycles.